The average Bonchev–Trinajstić information content (AvgIpc) is 2.88. The van der Waals surface area contributed by atoms with E-state index in [9.17, 15) is 13.5 Å². The molecule has 0 aliphatic heterocycles. The van der Waals surface area contributed by atoms with Crippen LogP contribution in [0, 0.1) is 5.92 Å². The zero-order valence-corrected chi connectivity index (χ0v) is 12.8. The van der Waals surface area contributed by atoms with Gasteiger partial charge in [0.05, 0.1) is 11.5 Å². The van der Waals surface area contributed by atoms with Crippen LogP contribution in [0.3, 0.4) is 0 Å². The summed E-state index contributed by atoms with van der Waals surface area (Å²) in [6.07, 6.45) is 5.84. The van der Waals surface area contributed by atoms with Crippen LogP contribution in [0.2, 0.25) is 0 Å². The van der Waals surface area contributed by atoms with Crippen molar-refractivity contribution in [2.24, 2.45) is 5.92 Å². The number of thiophene rings is 1. The van der Waals surface area contributed by atoms with Crippen LogP contribution in [0.5, 0.6) is 0 Å². The molecule has 0 saturated heterocycles. The van der Waals surface area contributed by atoms with Crippen molar-refractivity contribution in [3.63, 3.8) is 0 Å². The third-order valence-corrected chi connectivity index (χ3v) is 6.51. The molecule has 0 amide bonds. The summed E-state index contributed by atoms with van der Waals surface area (Å²) in [5.41, 5.74) is 0. The highest BCUT2D eigenvalue weighted by atomic mass is 32.2. The fourth-order valence-electron chi connectivity index (χ4n) is 2.72. The molecule has 1 saturated carbocycles. The summed E-state index contributed by atoms with van der Waals surface area (Å²) in [5.74, 6) is 0.430. The Kier molecular flexibility index (Phi) is 5.00. The molecule has 1 aliphatic carbocycles. The number of aliphatic hydroxyl groups excluding tert-OH is 1. The van der Waals surface area contributed by atoms with Gasteiger partial charge in [-0.15, -0.1) is 11.3 Å². The van der Waals surface area contributed by atoms with Crippen molar-refractivity contribution in [1.82, 2.24) is 4.72 Å². The topological polar surface area (TPSA) is 66.4 Å². The minimum absolute atomic E-state index is 0.0447. The molecule has 1 aromatic rings. The minimum Gasteiger partial charge on any atom is -0.391 e. The van der Waals surface area contributed by atoms with Crippen LogP contribution < -0.4 is 4.72 Å². The van der Waals surface area contributed by atoms with Crippen molar-refractivity contribution in [2.75, 3.05) is 0 Å². The highest BCUT2D eigenvalue weighted by Gasteiger charge is 2.26. The van der Waals surface area contributed by atoms with Crippen LogP contribution >= 0.6 is 11.3 Å². The van der Waals surface area contributed by atoms with Crippen molar-refractivity contribution in [2.45, 2.75) is 56.6 Å². The quantitative estimate of drug-likeness (QED) is 0.878. The molecule has 0 radical (unpaired) electrons. The molecule has 1 aliphatic rings. The predicted octanol–water partition coefficient (Wildman–Crippen LogP) is 2.49. The molecule has 1 aromatic heterocycles. The molecule has 6 heteroatoms. The monoisotopic (exact) mass is 303 g/mol. The van der Waals surface area contributed by atoms with Gasteiger partial charge in [-0.1, -0.05) is 19.3 Å². The normalized spacial score (nSPS) is 19.5. The smallest absolute Gasteiger partial charge is 0.242 e. The van der Waals surface area contributed by atoms with Gasteiger partial charge in [0.2, 0.25) is 10.0 Å². The van der Waals surface area contributed by atoms with E-state index in [-0.39, 0.29) is 17.5 Å². The zero-order chi connectivity index (χ0) is 13.9. The Morgan fingerprint density at radius 3 is 2.74 bits per heavy atom. The van der Waals surface area contributed by atoms with Crippen LogP contribution in [0.4, 0.5) is 0 Å². The molecule has 1 fully saturated rings. The van der Waals surface area contributed by atoms with Crippen molar-refractivity contribution < 1.29 is 13.5 Å². The van der Waals surface area contributed by atoms with E-state index in [0.717, 1.165) is 12.8 Å². The van der Waals surface area contributed by atoms with E-state index in [1.807, 2.05) is 6.92 Å². The molecule has 0 aromatic carbocycles. The van der Waals surface area contributed by atoms with Gasteiger partial charge in [-0.05, 0) is 37.1 Å². The number of rotatable bonds is 5. The Hall–Kier alpha value is -0.430. The molecule has 2 rings (SSSR count). The maximum Gasteiger partial charge on any atom is 0.242 e. The van der Waals surface area contributed by atoms with Crippen molar-refractivity contribution >= 4 is 21.4 Å². The number of sulfonamides is 1. The Morgan fingerprint density at radius 1 is 1.42 bits per heavy atom. The van der Waals surface area contributed by atoms with E-state index in [1.165, 1.54) is 30.6 Å². The number of aliphatic hydroxyl groups is 1. The third-order valence-electron chi connectivity index (χ3n) is 3.84. The summed E-state index contributed by atoms with van der Waals surface area (Å²) in [7, 11) is -3.51. The molecular formula is C13H21NO3S2. The van der Waals surface area contributed by atoms with E-state index >= 15 is 0 Å². The maximum absolute atomic E-state index is 12.3. The molecule has 108 valence electrons. The lowest BCUT2D eigenvalue weighted by Crippen LogP contribution is -2.38. The lowest BCUT2D eigenvalue weighted by atomic mass is 9.85. The van der Waals surface area contributed by atoms with Gasteiger partial charge in [0.15, 0.2) is 0 Å². The maximum atomic E-state index is 12.3. The van der Waals surface area contributed by atoms with Gasteiger partial charge in [0.1, 0.15) is 0 Å². The van der Waals surface area contributed by atoms with Gasteiger partial charge in [-0.25, -0.2) is 13.1 Å². The SMILES string of the molecule is CC(NS(=O)(=O)c1ccsc1CO)C1CCCCC1. The second kappa shape index (κ2) is 6.35. The fourth-order valence-corrected chi connectivity index (χ4v) is 5.33. The van der Waals surface area contributed by atoms with Gasteiger partial charge < -0.3 is 5.11 Å². The van der Waals surface area contributed by atoms with E-state index in [2.05, 4.69) is 4.72 Å². The van der Waals surface area contributed by atoms with Gasteiger partial charge in [0, 0.05) is 10.9 Å². The summed E-state index contributed by atoms with van der Waals surface area (Å²) in [4.78, 5) is 0.728. The first kappa shape index (κ1) is 15.0. The molecule has 4 nitrogen and oxygen atoms in total. The second-order valence-corrected chi connectivity index (χ2v) is 7.86. The number of hydrogen-bond acceptors (Lipinski definition) is 4. The average molecular weight is 303 g/mol. The molecule has 1 atom stereocenters. The largest absolute Gasteiger partial charge is 0.391 e. The zero-order valence-electron chi connectivity index (χ0n) is 11.1. The van der Waals surface area contributed by atoms with Crippen molar-refractivity contribution in [3.8, 4) is 0 Å². The summed E-state index contributed by atoms with van der Waals surface area (Å²) in [5, 5.41) is 10.9. The minimum atomic E-state index is -3.51. The molecular weight excluding hydrogens is 282 g/mol. The lowest BCUT2D eigenvalue weighted by molar-refractivity contribution is 0.282. The van der Waals surface area contributed by atoms with Crippen molar-refractivity contribution in [3.05, 3.63) is 16.3 Å². The summed E-state index contributed by atoms with van der Waals surface area (Å²) >= 11 is 1.27. The Balaban J connectivity index is 2.08. The Bertz CT molecular complexity index is 504. The first-order chi connectivity index (χ1) is 9.04. The van der Waals surface area contributed by atoms with Gasteiger partial charge in [-0.3, -0.25) is 0 Å². The van der Waals surface area contributed by atoms with Gasteiger partial charge >= 0.3 is 0 Å². The lowest BCUT2D eigenvalue weighted by Gasteiger charge is -2.28. The molecule has 2 N–H and O–H groups in total. The van der Waals surface area contributed by atoms with Crippen LogP contribution in [-0.4, -0.2) is 19.6 Å². The molecule has 0 bridgehead atoms. The fraction of sp³-hybridized carbons (Fsp3) is 0.692. The summed E-state index contributed by atoms with van der Waals surface area (Å²) in [6, 6.07) is 1.52. The first-order valence-electron chi connectivity index (χ1n) is 6.74. The van der Waals surface area contributed by atoms with Crippen LogP contribution in [0.15, 0.2) is 16.3 Å². The van der Waals surface area contributed by atoms with E-state index < -0.39 is 10.0 Å². The van der Waals surface area contributed by atoms with Crippen LogP contribution in [-0.2, 0) is 16.6 Å². The van der Waals surface area contributed by atoms with E-state index in [1.54, 1.807) is 11.4 Å². The standard InChI is InChI=1S/C13H21NO3S2/c1-10(11-5-3-2-4-6-11)14-19(16,17)13-7-8-18-12(13)9-15/h7-8,10-11,14-15H,2-6,9H2,1H3. The summed E-state index contributed by atoms with van der Waals surface area (Å²) < 4.78 is 27.4. The Labute approximate surface area is 118 Å². The van der Waals surface area contributed by atoms with E-state index in [0.29, 0.717) is 10.8 Å². The first-order valence-corrected chi connectivity index (χ1v) is 9.10. The molecule has 1 heterocycles. The number of nitrogens with one attached hydrogen (secondary N) is 1. The summed E-state index contributed by atoms with van der Waals surface area (Å²) in [6.45, 7) is 1.71. The number of hydrogen-bond donors (Lipinski definition) is 2. The predicted molar refractivity (Wildman–Crippen MR) is 76.6 cm³/mol. The van der Waals surface area contributed by atoms with Crippen LogP contribution in [0.1, 0.15) is 43.9 Å². The molecule has 1 unspecified atom stereocenters. The van der Waals surface area contributed by atoms with Gasteiger partial charge in [-0.2, -0.15) is 0 Å². The van der Waals surface area contributed by atoms with Crippen molar-refractivity contribution in [1.29, 1.82) is 0 Å². The molecule has 0 spiro atoms. The highest BCUT2D eigenvalue weighted by Crippen LogP contribution is 2.28. The van der Waals surface area contributed by atoms with E-state index in [4.69, 9.17) is 0 Å². The molecule has 19 heavy (non-hydrogen) atoms. The highest BCUT2D eigenvalue weighted by molar-refractivity contribution is 7.89. The van der Waals surface area contributed by atoms with Gasteiger partial charge in [0.25, 0.3) is 0 Å². The third kappa shape index (κ3) is 3.56. The second-order valence-electron chi connectivity index (χ2n) is 5.17. The van der Waals surface area contributed by atoms with Crippen LogP contribution in [0.25, 0.3) is 0 Å². The Morgan fingerprint density at radius 2 is 2.11 bits per heavy atom.